The standard InChI is InChI=1S/C26H44N2O2/c1-19-15-16-25(20(2)18-19)27-17-13-11-9-7-6-8-10-12-14-24-23(5)28(30)22(4)21(3)26(24)29/h19,27,30H,6-18H2,1-5H3. The molecular weight excluding hydrogens is 372 g/mol. The number of nitrogens with zero attached hydrogens (tertiary/aromatic N) is 1. The summed E-state index contributed by atoms with van der Waals surface area (Å²) in [6, 6.07) is 0. The van der Waals surface area contributed by atoms with E-state index in [2.05, 4.69) is 19.2 Å². The Bertz CT molecular complexity index is 776. The van der Waals surface area contributed by atoms with Crippen LogP contribution < -0.4 is 10.7 Å². The molecule has 0 aromatic carbocycles. The molecule has 1 atom stereocenters. The van der Waals surface area contributed by atoms with Crippen LogP contribution in [0.25, 0.3) is 0 Å². The van der Waals surface area contributed by atoms with Crippen LogP contribution in [0.4, 0.5) is 0 Å². The highest BCUT2D eigenvalue weighted by molar-refractivity contribution is 5.29. The highest BCUT2D eigenvalue weighted by atomic mass is 16.5. The third-order valence-corrected chi connectivity index (χ3v) is 6.98. The second kappa shape index (κ2) is 12.2. The molecule has 1 aliphatic rings. The predicted octanol–water partition coefficient (Wildman–Crippen LogP) is 6.36. The first kappa shape index (κ1) is 24.6. The van der Waals surface area contributed by atoms with Gasteiger partial charge in [-0.3, -0.25) is 4.79 Å². The normalized spacial score (nSPS) is 16.9. The maximum absolute atomic E-state index is 12.5. The number of aromatic nitrogens is 1. The van der Waals surface area contributed by atoms with Crippen LogP contribution in [0.1, 0.15) is 107 Å². The fraction of sp³-hybridized carbons (Fsp3) is 0.731. The Hall–Kier alpha value is -1.71. The maximum Gasteiger partial charge on any atom is 0.188 e. The fourth-order valence-corrected chi connectivity index (χ4v) is 4.71. The Morgan fingerprint density at radius 3 is 2.17 bits per heavy atom. The number of nitrogens with one attached hydrogen (secondary N) is 1. The van der Waals surface area contributed by atoms with Crippen LogP contribution in [-0.4, -0.2) is 16.5 Å². The van der Waals surface area contributed by atoms with Crippen molar-refractivity contribution in [2.24, 2.45) is 5.92 Å². The van der Waals surface area contributed by atoms with E-state index in [1.165, 1.54) is 68.2 Å². The number of allylic oxidation sites excluding steroid dienone is 2. The number of hydrogen-bond acceptors (Lipinski definition) is 3. The predicted molar refractivity (Wildman–Crippen MR) is 126 cm³/mol. The molecule has 30 heavy (non-hydrogen) atoms. The first-order chi connectivity index (χ1) is 14.3. The molecule has 1 aromatic heterocycles. The van der Waals surface area contributed by atoms with Gasteiger partial charge < -0.3 is 10.5 Å². The minimum atomic E-state index is 0.109. The van der Waals surface area contributed by atoms with Gasteiger partial charge in [0.2, 0.25) is 0 Å². The molecule has 0 fully saturated rings. The molecule has 0 spiro atoms. The monoisotopic (exact) mass is 416 g/mol. The lowest BCUT2D eigenvalue weighted by Gasteiger charge is -2.24. The number of hydrogen-bond donors (Lipinski definition) is 2. The fourth-order valence-electron chi connectivity index (χ4n) is 4.71. The van der Waals surface area contributed by atoms with Crippen molar-refractivity contribution in [1.82, 2.24) is 10.0 Å². The van der Waals surface area contributed by atoms with Gasteiger partial charge in [0, 0.05) is 23.4 Å². The molecule has 1 unspecified atom stereocenters. The quantitative estimate of drug-likeness (QED) is 0.308. The van der Waals surface area contributed by atoms with Gasteiger partial charge in [-0.15, -0.1) is 0 Å². The van der Waals surface area contributed by atoms with Gasteiger partial charge in [0.25, 0.3) is 0 Å². The molecule has 1 heterocycles. The summed E-state index contributed by atoms with van der Waals surface area (Å²) in [6.45, 7) is 11.2. The van der Waals surface area contributed by atoms with Gasteiger partial charge in [0.1, 0.15) is 0 Å². The zero-order chi connectivity index (χ0) is 22.1. The van der Waals surface area contributed by atoms with E-state index >= 15 is 0 Å². The van der Waals surface area contributed by atoms with Crippen LogP contribution >= 0.6 is 0 Å². The lowest BCUT2D eigenvalue weighted by Crippen LogP contribution is -2.22. The molecule has 4 nitrogen and oxygen atoms in total. The van der Waals surface area contributed by atoms with Crippen molar-refractivity contribution in [3.8, 4) is 0 Å². The number of unbranched alkanes of at least 4 members (excludes halogenated alkanes) is 7. The van der Waals surface area contributed by atoms with Crippen LogP contribution in [0.3, 0.4) is 0 Å². The first-order valence-corrected chi connectivity index (χ1v) is 12.2. The van der Waals surface area contributed by atoms with Gasteiger partial charge in [-0.05, 0) is 72.1 Å². The Kier molecular flexibility index (Phi) is 10.0. The van der Waals surface area contributed by atoms with Crippen molar-refractivity contribution in [1.29, 1.82) is 0 Å². The Labute approximate surface area is 183 Å². The van der Waals surface area contributed by atoms with Crippen LogP contribution in [0.2, 0.25) is 0 Å². The molecule has 1 aliphatic carbocycles. The van der Waals surface area contributed by atoms with E-state index in [1.807, 2.05) is 6.92 Å². The maximum atomic E-state index is 12.5. The first-order valence-electron chi connectivity index (χ1n) is 12.2. The van der Waals surface area contributed by atoms with E-state index in [0.29, 0.717) is 17.0 Å². The van der Waals surface area contributed by atoms with E-state index in [9.17, 15) is 10.0 Å². The topological polar surface area (TPSA) is 54.3 Å². The molecule has 2 N–H and O–H groups in total. The zero-order valence-electron chi connectivity index (χ0n) is 20.1. The van der Waals surface area contributed by atoms with Crippen molar-refractivity contribution in [3.63, 3.8) is 0 Å². The lowest BCUT2D eigenvalue weighted by molar-refractivity contribution is 0.169. The van der Waals surface area contributed by atoms with Crippen LogP contribution in [-0.2, 0) is 6.42 Å². The van der Waals surface area contributed by atoms with E-state index in [1.54, 1.807) is 19.4 Å². The van der Waals surface area contributed by atoms with Gasteiger partial charge in [-0.1, -0.05) is 51.0 Å². The Morgan fingerprint density at radius 1 is 0.933 bits per heavy atom. The highest BCUT2D eigenvalue weighted by Gasteiger charge is 2.15. The summed E-state index contributed by atoms with van der Waals surface area (Å²) < 4.78 is 1.17. The van der Waals surface area contributed by atoms with Crippen LogP contribution in [0, 0.1) is 26.7 Å². The van der Waals surface area contributed by atoms with Crippen LogP contribution in [0.15, 0.2) is 16.1 Å². The Balaban J connectivity index is 1.52. The summed E-state index contributed by atoms with van der Waals surface area (Å²) in [5.41, 5.74) is 5.99. The van der Waals surface area contributed by atoms with Crippen molar-refractivity contribution in [3.05, 3.63) is 44.0 Å². The summed E-state index contributed by atoms with van der Waals surface area (Å²) in [5.74, 6) is 0.856. The second-order valence-corrected chi connectivity index (χ2v) is 9.53. The van der Waals surface area contributed by atoms with E-state index in [-0.39, 0.29) is 5.43 Å². The zero-order valence-corrected chi connectivity index (χ0v) is 20.1. The average Bonchev–Trinajstić information content (AvgIpc) is 2.72. The molecule has 0 bridgehead atoms. The molecule has 1 aromatic rings. The van der Waals surface area contributed by atoms with Crippen LogP contribution in [0.5, 0.6) is 0 Å². The minimum absolute atomic E-state index is 0.109. The van der Waals surface area contributed by atoms with Gasteiger partial charge in [0.05, 0.1) is 11.4 Å². The summed E-state index contributed by atoms with van der Waals surface area (Å²) in [4.78, 5) is 12.5. The molecule has 0 saturated carbocycles. The van der Waals surface area contributed by atoms with E-state index in [0.717, 1.165) is 37.3 Å². The summed E-state index contributed by atoms with van der Waals surface area (Å²) >= 11 is 0. The van der Waals surface area contributed by atoms with Gasteiger partial charge >= 0.3 is 0 Å². The molecule has 170 valence electrons. The van der Waals surface area contributed by atoms with Crippen molar-refractivity contribution in [2.75, 3.05) is 6.54 Å². The van der Waals surface area contributed by atoms with E-state index in [4.69, 9.17) is 0 Å². The molecule has 0 radical (unpaired) electrons. The third kappa shape index (κ3) is 6.92. The SMILES string of the molecule is CC1=C(NCCCCCCCCCCc2c(C)n(O)c(C)c(C)c2=O)CCC(C)C1. The average molecular weight is 417 g/mol. The lowest BCUT2D eigenvalue weighted by atomic mass is 9.89. The molecule has 2 rings (SSSR count). The van der Waals surface area contributed by atoms with Crippen molar-refractivity contribution >= 4 is 0 Å². The summed E-state index contributed by atoms with van der Waals surface area (Å²) in [7, 11) is 0. The van der Waals surface area contributed by atoms with Crippen molar-refractivity contribution < 1.29 is 5.21 Å². The molecular formula is C26H44N2O2. The van der Waals surface area contributed by atoms with Gasteiger partial charge in [-0.25, -0.2) is 0 Å². The molecule has 0 aliphatic heterocycles. The van der Waals surface area contributed by atoms with Gasteiger partial charge in [0.15, 0.2) is 5.43 Å². The second-order valence-electron chi connectivity index (χ2n) is 9.53. The summed E-state index contributed by atoms with van der Waals surface area (Å²) in [5, 5.41) is 13.8. The largest absolute Gasteiger partial charge is 0.428 e. The van der Waals surface area contributed by atoms with E-state index < -0.39 is 0 Å². The third-order valence-electron chi connectivity index (χ3n) is 6.98. The van der Waals surface area contributed by atoms with Crippen molar-refractivity contribution in [2.45, 2.75) is 112 Å². The number of pyridine rings is 1. The summed E-state index contributed by atoms with van der Waals surface area (Å²) in [6.07, 6.45) is 14.5. The molecule has 0 amide bonds. The number of rotatable bonds is 12. The Morgan fingerprint density at radius 2 is 1.53 bits per heavy atom. The minimum Gasteiger partial charge on any atom is -0.428 e. The molecule has 4 heteroatoms. The van der Waals surface area contributed by atoms with Gasteiger partial charge in [-0.2, -0.15) is 4.73 Å². The molecule has 0 saturated heterocycles. The smallest absolute Gasteiger partial charge is 0.188 e. The highest BCUT2D eigenvalue weighted by Crippen LogP contribution is 2.27.